The summed E-state index contributed by atoms with van der Waals surface area (Å²) in [5.74, 6) is -0.0599. The highest BCUT2D eigenvalue weighted by Crippen LogP contribution is 2.13. The summed E-state index contributed by atoms with van der Waals surface area (Å²) in [7, 11) is 0. The van der Waals surface area contributed by atoms with Crippen LogP contribution in [0.1, 0.15) is 12.1 Å². The van der Waals surface area contributed by atoms with Crippen molar-refractivity contribution in [2.45, 2.75) is 12.8 Å². The third-order valence-corrected chi connectivity index (χ3v) is 2.47. The average molecular weight is 251 g/mol. The molecule has 5 heteroatoms. The number of hydrogen-bond acceptors (Lipinski definition) is 3. The first-order valence-corrected chi connectivity index (χ1v) is 5.54. The zero-order valence-corrected chi connectivity index (χ0v) is 9.78. The molecule has 2 rings (SSSR count). The van der Waals surface area contributed by atoms with Gasteiger partial charge in [-0.05, 0) is 24.3 Å². The smallest absolute Gasteiger partial charge is 0.224 e. The quantitative estimate of drug-likeness (QED) is 0.908. The average Bonchev–Trinajstić information content (AvgIpc) is 2.83. The van der Waals surface area contributed by atoms with Crippen LogP contribution in [-0.4, -0.2) is 10.9 Å². The molecule has 0 radical (unpaired) electrons. The van der Waals surface area contributed by atoms with Crippen LogP contribution in [0.2, 0.25) is 5.02 Å². The number of carbonyl (C=O) groups is 1. The van der Waals surface area contributed by atoms with Gasteiger partial charge in [0.1, 0.15) is 6.26 Å². The minimum atomic E-state index is -0.0599. The number of halogens is 1. The zero-order valence-electron chi connectivity index (χ0n) is 9.02. The van der Waals surface area contributed by atoms with Crippen molar-refractivity contribution in [2.75, 3.05) is 5.32 Å². The monoisotopic (exact) mass is 250 g/mol. The molecule has 17 heavy (non-hydrogen) atoms. The topological polar surface area (TPSA) is 55.1 Å². The highest BCUT2D eigenvalue weighted by Gasteiger charge is 2.04. The van der Waals surface area contributed by atoms with Crippen LogP contribution in [-0.2, 0) is 11.2 Å². The van der Waals surface area contributed by atoms with Gasteiger partial charge in [-0.2, -0.15) is 0 Å². The molecule has 0 spiro atoms. The predicted octanol–water partition coefficient (Wildman–Crippen LogP) is 2.90. The molecule has 0 saturated carbocycles. The number of carbonyl (C=O) groups excluding carboxylic acids is 1. The van der Waals surface area contributed by atoms with Gasteiger partial charge < -0.3 is 9.73 Å². The highest BCUT2D eigenvalue weighted by atomic mass is 35.5. The van der Waals surface area contributed by atoms with Crippen molar-refractivity contribution in [2.24, 2.45) is 0 Å². The molecule has 0 unspecified atom stereocenters. The number of rotatable bonds is 4. The summed E-state index contributed by atoms with van der Waals surface area (Å²) in [5, 5.41) is 3.42. The maximum absolute atomic E-state index is 11.6. The second-order valence-electron chi connectivity index (χ2n) is 3.53. The molecule has 4 nitrogen and oxygen atoms in total. The van der Waals surface area contributed by atoms with Crippen molar-refractivity contribution in [3.8, 4) is 0 Å². The van der Waals surface area contributed by atoms with Crippen LogP contribution in [0.5, 0.6) is 0 Å². The summed E-state index contributed by atoms with van der Waals surface area (Å²) >= 11 is 5.75. The number of anilines is 1. The largest absolute Gasteiger partial charge is 0.451 e. The van der Waals surface area contributed by atoms with E-state index in [9.17, 15) is 4.79 Å². The molecule has 0 fully saturated rings. The normalized spacial score (nSPS) is 10.2. The van der Waals surface area contributed by atoms with Gasteiger partial charge in [-0.3, -0.25) is 4.79 Å². The molecule has 0 aliphatic heterocycles. The molecule has 0 saturated heterocycles. The standard InChI is InChI=1S/C12H11ClN2O2/c13-9-1-3-10(4-2-9)15-12(16)6-5-11-7-17-8-14-11/h1-4,7-8H,5-6H2,(H,15,16). The number of nitrogens with one attached hydrogen (secondary N) is 1. The minimum Gasteiger partial charge on any atom is -0.451 e. The lowest BCUT2D eigenvalue weighted by molar-refractivity contribution is -0.116. The Bertz CT molecular complexity index is 480. The Morgan fingerprint density at radius 2 is 2.12 bits per heavy atom. The number of aryl methyl sites for hydroxylation is 1. The van der Waals surface area contributed by atoms with E-state index in [0.717, 1.165) is 11.4 Å². The molecule has 1 N–H and O–H groups in total. The number of hydrogen-bond donors (Lipinski definition) is 1. The molecule has 2 aromatic rings. The van der Waals surface area contributed by atoms with E-state index in [4.69, 9.17) is 16.0 Å². The molecule has 88 valence electrons. The number of aromatic nitrogens is 1. The van der Waals surface area contributed by atoms with Gasteiger partial charge in [0.25, 0.3) is 0 Å². The van der Waals surface area contributed by atoms with E-state index in [1.54, 1.807) is 24.3 Å². The van der Waals surface area contributed by atoms with Crippen molar-refractivity contribution in [1.82, 2.24) is 4.98 Å². The molecular formula is C12H11ClN2O2. The van der Waals surface area contributed by atoms with E-state index in [2.05, 4.69) is 10.3 Å². The fourth-order valence-corrected chi connectivity index (χ4v) is 1.49. The SMILES string of the molecule is O=C(CCc1cocn1)Nc1ccc(Cl)cc1. The van der Waals surface area contributed by atoms with Crippen molar-refractivity contribution >= 4 is 23.2 Å². The summed E-state index contributed by atoms with van der Waals surface area (Å²) in [5.41, 5.74) is 1.51. The second-order valence-corrected chi connectivity index (χ2v) is 3.97. The Balaban J connectivity index is 1.83. The van der Waals surface area contributed by atoms with E-state index < -0.39 is 0 Å². The van der Waals surface area contributed by atoms with Gasteiger partial charge in [0.2, 0.25) is 5.91 Å². The van der Waals surface area contributed by atoms with Crippen LogP contribution in [0.4, 0.5) is 5.69 Å². The lowest BCUT2D eigenvalue weighted by Gasteiger charge is -2.04. The van der Waals surface area contributed by atoms with Gasteiger partial charge in [0.05, 0.1) is 5.69 Å². The van der Waals surface area contributed by atoms with E-state index in [1.807, 2.05) is 0 Å². The Morgan fingerprint density at radius 3 is 2.76 bits per heavy atom. The van der Waals surface area contributed by atoms with Crippen LogP contribution >= 0.6 is 11.6 Å². The molecule has 1 aromatic carbocycles. The van der Waals surface area contributed by atoms with Gasteiger partial charge in [0, 0.05) is 23.6 Å². The Morgan fingerprint density at radius 1 is 1.35 bits per heavy atom. The van der Waals surface area contributed by atoms with Gasteiger partial charge in [-0.25, -0.2) is 4.98 Å². The fraction of sp³-hybridized carbons (Fsp3) is 0.167. The predicted molar refractivity (Wildman–Crippen MR) is 64.9 cm³/mol. The van der Waals surface area contributed by atoms with Gasteiger partial charge in [-0.1, -0.05) is 11.6 Å². The lowest BCUT2D eigenvalue weighted by atomic mass is 10.2. The molecule has 1 amide bonds. The molecular weight excluding hydrogens is 240 g/mol. The minimum absolute atomic E-state index is 0.0599. The van der Waals surface area contributed by atoms with Gasteiger partial charge in [0.15, 0.2) is 6.39 Å². The first kappa shape index (κ1) is 11.7. The molecule has 0 atom stereocenters. The second kappa shape index (κ2) is 5.50. The van der Waals surface area contributed by atoms with E-state index in [-0.39, 0.29) is 5.91 Å². The zero-order chi connectivity index (χ0) is 12.1. The molecule has 0 bridgehead atoms. The van der Waals surface area contributed by atoms with Gasteiger partial charge >= 0.3 is 0 Å². The van der Waals surface area contributed by atoms with E-state index in [1.165, 1.54) is 12.7 Å². The van der Waals surface area contributed by atoms with E-state index >= 15 is 0 Å². The number of benzene rings is 1. The van der Waals surface area contributed by atoms with E-state index in [0.29, 0.717) is 17.9 Å². The number of amides is 1. The maximum Gasteiger partial charge on any atom is 0.224 e. The summed E-state index contributed by atoms with van der Waals surface area (Å²) in [4.78, 5) is 15.5. The summed E-state index contributed by atoms with van der Waals surface area (Å²) < 4.78 is 4.82. The van der Waals surface area contributed by atoms with Crippen LogP contribution < -0.4 is 5.32 Å². The molecule has 1 aromatic heterocycles. The number of nitrogens with zero attached hydrogens (tertiary/aromatic N) is 1. The molecule has 1 heterocycles. The van der Waals surface area contributed by atoms with Crippen molar-refractivity contribution < 1.29 is 9.21 Å². The van der Waals surface area contributed by atoms with Crippen LogP contribution in [0.25, 0.3) is 0 Å². The van der Waals surface area contributed by atoms with Crippen molar-refractivity contribution in [3.63, 3.8) is 0 Å². The van der Waals surface area contributed by atoms with Gasteiger partial charge in [-0.15, -0.1) is 0 Å². The third-order valence-electron chi connectivity index (χ3n) is 2.22. The van der Waals surface area contributed by atoms with Crippen LogP contribution in [0, 0.1) is 0 Å². The molecule has 0 aliphatic rings. The fourth-order valence-electron chi connectivity index (χ4n) is 1.36. The van der Waals surface area contributed by atoms with Crippen LogP contribution in [0.15, 0.2) is 41.3 Å². The summed E-state index contributed by atoms with van der Waals surface area (Å²) in [6.07, 6.45) is 3.83. The first-order chi connectivity index (χ1) is 8.24. The number of oxazole rings is 1. The highest BCUT2D eigenvalue weighted by molar-refractivity contribution is 6.30. The Hall–Kier alpha value is -1.81. The third kappa shape index (κ3) is 3.60. The molecule has 0 aliphatic carbocycles. The lowest BCUT2D eigenvalue weighted by Crippen LogP contribution is -2.12. The van der Waals surface area contributed by atoms with Crippen molar-refractivity contribution in [3.05, 3.63) is 47.6 Å². The van der Waals surface area contributed by atoms with Crippen molar-refractivity contribution in [1.29, 1.82) is 0 Å². The van der Waals surface area contributed by atoms with Crippen LogP contribution in [0.3, 0.4) is 0 Å². The Kier molecular flexibility index (Phi) is 3.77. The maximum atomic E-state index is 11.6. The summed E-state index contributed by atoms with van der Waals surface area (Å²) in [6.45, 7) is 0. The Labute approximate surface area is 104 Å². The first-order valence-electron chi connectivity index (χ1n) is 5.16. The summed E-state index contributed by atoms with van der Waals surface area (Å²) in [6, 6.07) is 6.98.